The predicted octanol–water partition coefficient (Wildman–Crippen LogP) is 2.70. The number of carboxylic acid groups (broad SMARTS) is 2. The van der Waals surface area contributed by atoms with Crippen molar-refractivity contribution in [3.05, 3.63) is 47.3 Å². The maximum absolute atomic E-state index is 9.55. The summed E-state index contributed by atoms with van der Waals surface area (Å²) in [5, 5.41) is 16.2. The Kier molecular flexibility index (Phi) is 6.11. The highest BCUT2D eigenvalue weighted by Crippen LogP contribution is 2.37. The summed E-state index contributed by atoms with van der Waals surface area (Å²) in [5.41, 5.74) is 2.67. The number of halogens is 1. The molecule has 2 atom stereocenters. The fourth-order valence-electron chi connectivity index (χ4n) is 2.96. The minimum atomic E-state index is -1.26. The zero-order valence-electron chi connectivity index (χ0n) is 13.2. The molecule has 2 bridgehead atoms. The number of nitrogens with zero attached hydrogens (tertiary/aromatic N) is 2. The van der Waals surface area contributed by atoms with Crippen LogP contribution in [0, 0.1) is 0 Å². The summed E-state index contributed by atoms with van der Waals surface area (Å²) in [5.74, 6) is -2.51. The third kappa shape index (κ3) is 4.91. The number of likely N-dealkylation sites (N-methyl/N-ethyl adjacent to an activating group) is 1. The maximum Gasteiger partial charge on any atom is 0.328 e. The number of carbonyl (C=O) groups is 2. The molecule has 1 saturated heterocycles. The van der Waals surface area contributed by atoms with Crippen LogP contribution in [0.15, 0.2) is 36.6 Å². The number of aliphatic carboxylic acids is 2. The van der Waals surface area contributed by atoms with Gasteiger partial charge in [-0.25, -0.2) is 14.6 Å². The van der Waals surface area contributed by atoms with Gasteiger partial charge in [0, 0.05) is 30.4 Å². The van der Waals surface area contributed by atoms with Gasteiger partial charge in [0.05, 0.1) is 0 Å². The van der Waals surface area contributed by atoms with Crippen molar-refractivity contribution in [2.24, 2.45) is 0 Å². The lowest BCUT2D eigenvalue weighted by atomic mass is 9.96. The second kappa shape index (κ2) is 8.08. The van der Waals surface area contributed by atoms with Gasteiger partial charge in [0.1, 0.15) is 5.15 Å². The van der Waals surface area contributed by atoms with Crippen molar-refractivity contribution in [2.75, 3.05) is 7.05 Å². The highest BCUT2D eigenvalue weighted by Gasteiger charge is 2.33. The fraction of sp³-hybridized carbons (Fsp3) is 0.353. The normalized spacial score (nSPS) is 22.7. The molecule has 0 saturated carbocycles. The second-order valence-corrected chi connectivity index (χ2v) is 6.13. The summed E-state index contributed by atoms with van der Waals surface area (Å²) in [6, 6.07) is 5.30. The molecule has 0 aromatic carbocycles. The fourth-order valence-corrected chi connectivity index (χ4v) is 3.08. The van der Waals surface area contributed by atoms with Crippen LogP contribution in [0.25, 0.3) is 5.57 Å². The summed E-state index contributed by atoms with van der Waals surface area (Å²) in [6.07, 6.45) is 9.17. The smallest absolute Gasteiger partial charge is 0.328 e. The summed E-state index contributed by atoms with van der Waals surface area (Å²) in [7, 11) is 2.23. The van der Waals surface area contributed by atoms with Gasteiger partial charge in [0.2, 0.25) is 0 Å². The second-order valence-electron chi connectivity index (χ2n) is 5.74. The third-order valence-corrected chi connectivity index (χ3v) is 4.43. The molecule has 0 spiro atoms. The molecule has 128 valence electrons. The van der Waals surface area contributed by atoms with Gasteiger partial charge >= 0.3 is 11.9 Å². The average Bonchev–Trinajstić information content (AvgIpc) is 2.75. The summed E-state index contributed by atoms with van der Waals surface area (Å²) < 4.78 is 0. The lowest BCUT2D eigenvalue weighted by Gasteiger charge is -2.30. The minimum Gasteiger partial charge on any atom is -0.478 e. The Morgan fingerprint density at radius 3 is 2.42 bits per heavy atom. The Balaban J connectivity index is 0.000000224. The molecular formula is C17H19ClN2O4. The molecule has 2 unspecified atom stereocenters. The highest BCUT2D eigenvalue weighted by molar-refractivity contribution is 6.29. The van der Waals surface area contributed by atoms with Crippen LogP contribution < -0.4 is 0 Å². The molecule has 3 heterocycles. The Morgan fingerprint density at radius 1 is 1.25 bits per heavy atom. The summed E-state index contributed by atoms with van der Waals surface area (Å²) >= 11 is 5.80. The SMILES string of the molecule is CN1C2C=C(c3ccc(Cl)nc3)CC1CC2.O=C(O)/C=C\C(=O)O. The van der Waals surface area contributed by atoms with E-state index < -0.39 is 11.9 Å². The van der Waals surface area contributed by atoms with Crippen LogP contribution in [0.5, 0.6) is 0 Å². The van der Waals surface area contributed by atoms with Gasteiger partial charge in [0.15, 0.2) is 0 Å². The van der Waals surface area contributed by atoms with Crippen molar-refractivity contribution in [1.29, 1.82) is 0 Å². The first-order valence-corrected chi connectivity index (χ1v) is 7.93. The molecule has 1 aromatic heterocycles. The van der Waals surface area contributed by atoms with Gasteiger partial charge < -0.3 is 10.2 Å². The third-order valence-electron chi connectivity index (χ3n) is 4.21. The molecule has 0 radical (unpaired) electrons. The van der Waals surface area contributed by atoms with Crippen LogP contribution in [-0.4, -0.2) is 51.2 Å². The van der Waals surface area contributed by atoms with Crippen molar-refractivity contribution in [3.8, 4) is 0 Å². The average molecular weight is 351 g/mol. The number of carboxylic acids is 2. The zero-order valence-corrected chi connectivity index (χ0v) is 14.0. The topological polar surface area (TPSA) is 90.7 Å². The van der Waals surface area contributed by atoms with E-state index in [9.17, 15) is 9.59 Å². The van der Waals surface area contributed by atoms with E-state index >= 15 is 0 Å². The van der Waals surface area contributed by atoms with Crippen molar-refractivity contribution in [3.63, 3.8) is 0 Å². The first-order chi connectivity index (χ1) is 11.4. The zero-order chi connectivity index (χ0) is 17.7. The van der Waals surface area contributed by atoms with Crippen molar-refractivity contribution in [1.82, 2.24) is 9.88 Å². The molecule has 2 aliphatic rings. The summed E-state index contributed by atoms with van der Waals surface area (Å²) in [4.78, 5) is 25.8. The lowest BCUT2D eigenvalue weighted by Crippen LogP contribution is -2.34. The largest absolute Gasteiger partial charge is 0.478 e. The van der Waals surface area contributed by atoms with Crippen LogP contribution in [-0.2, 0) is 9.59 Å². The van der Waals surface area contributed by atoms with Gasteiger partial charge in [-0.2, -0.15) is 0 Å². The maximum atomic E-state index is 9.55. The number of fused-ring (bicyclic) bond motifs is 2. The van der Waals surface area contributed by atoms with E-state index in [1.54, 1.807) is 0 Å². The van der Waals surface area contributed by atoms with E-state index in [0.29, 0.717) is 23.3 Å². The molecule has 3 rings (SSSR count). The van der Waals surface area contributed by atoms with E-state index in [1.165, 1.54) is 24.0 Å². The first kappa shape index (κ1) is 18.2. The van der Waals surface area contributed by atoms with Crippen LogP contribution in [0.3, 0.4) is 0 Å². The quantitative estimate of drug-likeness (QED) is 0.643. The molecule has 0 aliphatic carbocycles. The van der Waals surface area contributed by atoms with E-state index in [-0.39, 0.29) is 0 Å². The van der Waals surface area contributed by atoms with Crippen molar-refractivity contribution >= 4 is 29.1 Å². The van der Waals surface area contributed by atoms with Gasteiger partial charge in [0.25, 0.3) is 0 Å². The molecular weight excluding hydrogens is 332 g/mol. The number of hydrogen-bond donors (Lipinski definition) is 2. The predicted molar refractivity (Wildman–Crippen MR) is 90.8 cm³/mol. The van der Waals surface area contributed by atoms with E-state index in [1.807, 2.05) is 12.3 Å². The van der Waals surface area contributed by atoms with E-state index in [4.69, 9.17) is 21.8 Å². The van der Waals surface area contributed by atoms with Gasteiger partial charge in [-0.1, -0.05) is 23.7 Å². The molecule has 7 heteroatoms. The van der Waals surface area contributed by atoms with Gasteiger partial charge in [-0.3, -0.25) is 4.90 Å². The molecule has 1 aromatic rings. The number of hydrogen-bond acceptors (Lipinski definition) is 4. The molecule has 6 nitrogen and oxygen atoms in total. The Morgan fingerprint density at radius 2 is 1.92 bits per heavy atom. The van der Waals surface area contributed by atoms with Crippen LogP contribution in [0.2, 0.25) is 5.15 Å². The molecule has 24 heavy (non-hydrogen) atoms. The Bertz CT molecular complexity index is 654. The van der Waals surface area contributed by atoms with Crippen LogP contribution >= 0.6 is 11.6 Å². The molecule has 1 fully saturated rings. The van der Waals surface area contributed by atoms with Crippen molar-refractivity contribution < 1.29 is 19.8 Å². The Labute approximate surface area is 145 Å². The van der Waals surface area contributed by atoms with E-state index in [2.05, 4.69) is 29.1 Å². The van der Waals surface area contributed by atoms with Crippen molar-refractivity contribution in [2.45, 2.75) is 31.3 Å². The lowest BCUT2D eigenvalue weighted by molar-refractivity contribution is -0.134. The Hall–Kier alpha value is -2.18. The molecule has 2 aliphatic heterocycles. The highest BCUT2D eigenvalue weighted by atomic mass is 35.5. The molecule has 0 amide bonds. The monoisotopic (exact) mass is 350 g/mol. The molecule has 2 N–H and O–H groups in total. The van der Waals surface area contributed by atoms with Gasteiger partial charge in [-0.15, -0.1) is 0 Å². The van der Waals surface area contributed by atoms with Crippen LogP contribution in [0.1, 0.15) is 24.8 Å². The van der Waals surface area contributed by atoms with E-state index in [0.717, 1.165) is 12.5 Å². The van der Waals surface area contributed by atoms with Gasteiger partial charge in [-0.05, 0) is 43.5 Å². The number of rotatable bonds is 3. The number of pyridine rings is 1. The minimum absolute atomic E-state index is 0.558. The summed E-state index contributed by atoms with van der Waals surface area (Å²) in [6.45, 7) is 0. The first-order valence-electron chi connectivity index (χ1n) is 7.55. The van der Waals surface area contributed by atoms with Crippen LogP contribution in [0.4, 0.5) is 0 Å². The standard InChI is InChI=1S/C13H15ClN2.C4H4O4/c1-16-11-3-4-12(16)7-10(6-11)9-2-5-13(14)15-8-9;5-3(6)1-2-4(7)8/h2,5-6,8,11-12H,3-4,7H2,1H3;1-2H,(H,5,6)(H,7,8)/b;2-1-. The number of aromatic nitrogens is 1.